The van der Waals surface area contributed by atoms with Gasteiger partial charge < -0.3 is 20.7 Å². The Labute approximate surface area is 251 Å². The molecule has 232 valence electrons. The highest BCUT2D eigenvalue weighted by Gasteiger charge is 2.24. The van der Waals surface area contributed by atoms with Crippen LogP contribution < -0.4 is 20.3 Å². The first-order valence-corrected chi connectivity index (χ1v) is 16.1. The molecule has 1 aliphatic heterocycles. The number of aryl methyl sites for hydroxylation is 2. The molecule has 0 spiro atoms. The van der Waals surface area contributed by atoms with Crippen molar-refractivity contribution in [1.29, 1.82) is 0 Å². The van der Waals surface area contributed by atoms with Gasteiger partial charge in [-0.25, -0.2) is 0 Å². The van der Waals surface area contributed by atoms with Crippen molar-refractivity contribution in [2.24, 2.45) is 0 Å². The van der Waals surface area contributed by atoms with Crippen molar-refractivity contribution in [1.82, 2.24) is 20.3 Å². The standard InChI is InChI=1S/C31H47N5O5S/c1-22(2)41-15-14-32-30(37)23(3)33-21-28-18-25-13-9-12-24(16-25)10-7-8-11-26-17-27(31(38)34-28)20-29(19-26)36(6)42(39,40)35(4)5/h9,12-13,16-17,19-20,22-23,28,33H,7-8,10-11,14-15,18,21H2,1-6H3,(H,32,37)(H,34,38)/t23-,28?/m0/s1. The fraction of sp³-hybridized carbons (Fsp3) is 0.548. The Morgan fingerprint density at radius 1 is 1.02 bits per heavy atom. The fourth-order valence-electron chi connectivity index (χ4n) is 4.84. The third-order valence-corrected chi connectivity index (χ3v) is 9.14. The van der Waals surface area contributed by atoms with Gasteiger partial charge in [-0.15, -0.1) is 0 Å². The molecule has 4 bridgehead atoms. The zero-order valence-corrected chi connectivity index (χ0v) is 26.6. The van der Waals surface area contributed by atoms with E-state index in [-0.39, 0.29) is 24.0 Å². The van der Waals surface area contributed by atoms with Crippen LogP contribution in [0.1, 0.15) is 60.7 Å². The van der Waals surface area contributed by atoms with Gasteiger partial charge in [0.2, 0.25) is 5.91 Å². The molecule has 1 heterocycles. The van der Waals surface area contributed by atoms with Crippen molar-refractivity contribution >= 4 is 27.7 Å². The molecule has 0 saturated heterocycles. The van der Waals surface area contributed by atoms with Gasteiger partial charge in [-0.2, -0.15) is 12.7 Å². The van der Waals surface area contributed by atoms with Crippen molar-refractivity contribution in [2.45, 2.75) is 71.1 Å². The molecule has 0 aliphatic carbocycles. The number of fused-ring (bicyclic) bond motifs is 4. The van der Waals surface area contributed by atoms with E-state index < -0.39 is 16.3 Å². The van der Waals surface area contributed by atoms with Gasteiger partial charge in [0.15, 0.2) is 0 Å². The summed E-state index contributed by atoms with van der Waals surface area (Å²) in [6.07, 6.45) is 4.22. The topological polar surface area (TPSA) is 120 Å². The van der Waals surface area contributed by atoms with Crippen LogP contribution in [0.15, 0.2) is 42.5 Å². The molecule has 3 rings (SSSR count). The number of anilines is 1. The number of amides is 2. The highest BCUT2D eigenvalue weighted by Crippen LogP contribution is 2.24. The van der Waals surface area contributed by atoms with Crippen LogP contribution in [0.5, 0.6) is 0 Å². The summed E-state index contributed by atoms with van der Waals surface area (Å²) < 4.78 is 33.6. The number of benzene rings is 2. The molecule has 2 atom stereocenters. The molecular formula is C31H47N5O5S. The van der Waals surface area contributed by atoms with E-state index in [4.69, 9.17) is 4.74 Å². The molecular weight excluding hydrogens is 554 g/mol. The number of hydrogen-bond donors (Lipinski definition) is 3. The zero-order chi connectivity index (χ0) is 30.9. The van der Waals surface area contributed by atoms with Crippen LogP contribution in [0.2, 0.25) is 0 Å². The summed E-state index contributed by atoms with van der Waals surface area (Å²) in [5, 5.41) is 9.29. The van der Waals surface area contributed by atoms with E-state index in [9.17, 15) is 18.0 Å². The lowest BCUT2D eigenvalue weighted by molar-refractivity contribution is -0.123. The third kappa shape index (κ3) is 9.79. The van der Waals surface area contributed by atoms with Crippen molar-refractivity contribution in [3.63, 3.8) is 0 Å². The first-order chi connectivity index (χ1) is 19.9. The number of ether oxygens (including phenoxy) is 1. The molecule has 2 aromatic carbocycles. The maximum absolute atomic E-state index is 13.6. The summed E-state index contributed by atoms with van der Waals surface area (Å²) in [4.78, 5) is 26.3. The molecule has 0 radical (unpaired) electrons. The SMILES string of the molecule is CC(C)OCCNC(=O)[C@H](C)NCC1Cc2cccc(c2)CCCCc2cc(cc(N(C)S(=O)(=O)N(C)C)c2)C(=O)N1. The molecule has 10 nitrogen and oxygen atoms in total. The molecule has 1 unspecified atom stereocenters. The van der Waals surface area contributed by atoms with Crippen LogP contribution in [0.3, 0.4) is 0 Å². The Balaban J connectivity index is 1.83. The van der Waals surface area contributed by atoms with Crippen LogP contribution >= 0.6 is 0 Å². The third-order valence-electron chi connectivity index (χ3n) is 7.32. The van der Waals surface area contributed by atoms with Gasteiger partial charge in [0.05, 0.1) is 24.4 Å². The lowest BCUT2D eigenvalue weighted by Crippen LogP contribution is -2.50. The van der Waals surface area contributed by atoms with Gasteiger partial charge in [0.25, 0.3) is 5.91 Å². The quantitative estimate of drug-likeness (QED) is 0.341. The van der Waals surface area contributed by atoms with Crippen molar-refractivity contribution in [2.75, 3.05) is 45.1 Å². The summed E-state index contributed by atoms with van der Waals surface area (Å²) in [5.41, 5.74) is 4.09. The van der Waals surface area contributed by atoms with E-state index in [0.717, 1.165) is 41.1 Å². The van der Waals surface area contributed by atoms with E-state index in [1.807, 2.05) is 32.0 Å². The van der Waals surface area contributed by atoms with E-state index in [2.05, 4.69) is 34.1 Å². The van der Waals surface area contributed by atoms with Crippen molar-refractivity contribution in [3.05, 3.63) is 64.7 Å². The second-order valence-electron chi connectivity index (χ2n) is 11.4. The summed E-state index contributed by atoms with van der Waals surface area (Å²) in [7, 11) is 0.727. The van der Waals surface area contributed by atoms with Crippen LogP contribution in [0, 0.1) is 0 Å². The van der Waals surface area contributed by atoms with Crippen LogP contribution in [-0.2, 0) is 39.0 Å². The summed E-state index contributed by atoms with van der Waals surface area (Å²) in [5.74, 6) is -0.434. The molecule has 3 N–H and O–H groups in total. The second-order valence-corrected chi connectivity index (χ2v) is 13.6. The van der Waals surface area contributed by atoms with E-state index in [0.29, 0.717) is 37.4 Å². The predicted octanol–water partition coefficient (Wildman–Crippen LogP) is 2.67. The predicted molar refractivity (Wildman–Crippen MR) is 167 cm³/mol. The molecule has 2 aromatic rings. The van der Waals surface area contributed by atoms with Crippen molar-refractivity contribution < 1.29 is 22.7 Å². The van der Waals surface area contributed by atoms with Crippen LogP contribution in [0.4, 0.5) is 5.69 Å². The summed E-state index contributed by atoms with van der Waals surface area (Å²) in [6.45, 7) is 6.92. The van der Waals surface area contributed by atoms with Crippen molar-refractivity contribution in [3.8, 4) is 0 Å². The Hall–Kier alpha value is -2.99. The first kappa shape index (κ1) is 33.5. The molecule has 11 heteroatoms. The van der Waals surface area contributed by atoms with E-state index in [1.54, 1.807) is 13.0 Å². The fourth-order valence-corrected chi connectivity index (χ4v) is 5.70. The Morgan fingerprint density at radius 3 is 2.40 bits per heavy atom. The van der Waals surface area contributed by atoms with E-state index in [1.165, 1.54) is 31.0 Å². The van der Waals surface area contributed by atoms with Gasteiger partial charge in [-0.1, -0.05) is 24.3 Å². The minimum atomic E-state index is -3.73. The second kappa shape index (κ2) is 15.5. The zero-order valence-electron chi connectivity index (χ0n) is 25.8. The Morgan fingerprint density at radius 2 is 1.71 bits per heavy atom. The Bertz CT molecular complexity index is 1310. The van der Waals surface area contributed by atoms with E-state index >= 15 is 0 Å². The summed E-state index contributed by atoms with van der Waals surface area (Å²) in [6, 6.07) is 12.9. The Kier molecular flexibility index (Phi) is 12.3. The molecule has 0 aromatic heterocycles. The average molecular weight is 602 g/mol. The average Bonchev–Trinajstić information content (AvgIpc) is 2.94. The van der Waals surface area contributed by atoms with Gasteiger partial charge in [-0.05, 0) is 87.8 Å². The lowest BCUT2D eigenvalue weighted by Gasteiger charge is -2.25. The molecule has 1 aliphatic rings. The first-order valence-electron chi connectivity index (χ1n) is 14.7. The monoisotopic (exact) mass is 601 g/mol. The number of rotatable bonds is 11. The van der Waals surface area contributed by atoms with Crippen LogP contribution in [-0.4, -0.2) is 83.6 Å². The van der Waals surface area contributed by atoms with Crippen LogP contribution in [0.25, 0.3) is 0 Å². The maximum Gasteiger partial charge on any atom is 0.303 e. The molecule has 0 saturated carbocycles. The number of carbonyl (C=O) groups excluding carboxylic acids is 2. The van der Waals surface area contributed by atoms with Gasteiger partial charge in [0.1, 0.15) is 0 Å². The number of nitrogens with one attached hydrogen (secondary N) is 3. The number of carbonyl (C=O) groups is 2. The minimum absolute atomic E-state index is 0.101. The maximum atomic E-state index is 13.6. The molecule has 42 heavy (non-hydrogen) atoms. The van der Waals surface area contributed by atoms with Gasteiger partial charge >= 0.3 is 10.2 Å². The smallest absolute Gasteiger partial charge is 0.303 e. The molecule has 2 amide bonds. The summed E-state index contributed by atoms with van der Waals surface area (Å²) >= 11 is 0. The molecule has 0 fully saturated rings. The lowest BCUT2D eigenvalue weighted by atomic mass is 9.97. The van der Waals surface area contributed by atoms with Gasteiger partial charge in [-0.3, -0.25) is 13.9 Å². The largest absolute Gasteiger partial charge is 0.377 e. The van der Waals surface area contributed by atoms with Gasteiger partial charge in [0, 0.05) is 45.8 Å². The number of hydrogen-bond acceptors (Lipinski definition) is 6. The highest BCUT2D eigenvalue weighted by molar-refractivity contribution is 7.90. The number of nitrogens with zero attached hydrogens (tertiary/aromatic N) is 2. The highest BCUT2D eigenvalue weighted by atomic mass is 32.2. The minimum Gasteiger partial charge on any atom is -0.377 e. The normalized spacial score (nSPS) is 17.0.